The number of halogens is 1. The predicted molar refractivity (Wildman–Crippen MR) is 41.3 cm³/mol. The Morgan fingerprint density at radius 3 is 2.67 bits per heavy atom. The van der Waals surface area contributed by atoms with E-state index in [0.29, 0.717) is 0 Å². The second-order valence-corrected chi connectivity index (χ2v) is 2.10. The van der Waals surface area contributed by atoms with Crippen molar-refractivity contribution in [3.8, 4) is 11.8 Å². The van der Waals surface area contributed by atoms with E-state index in [9.17, 15) is 0 Å². The van der Waals surface area contributed by atoms with Crippen LogP contribution in [-0.2, 0) is 0 Å². The van der Waals surface area contributed by atoms with Crippen molar-refractivity contribution >= 4 is 11.6 Å². The van der Waals surface area contributed by atoms with Crippen LogP contribution < -0.4 is 0 Å². The standard InChI is InChI=1S/C7H10ClN/c1-9(2)7-5-3-4-6-8/h4,6H,7H2,1-2H3/b6-4-. The van der Waals surface area contributed by atoms with Gasteiger partial charge in [-0.3, -0.25) is 4.90 Å². The third-order valence-electron chi connectivity index (χ3n) is 0.644. The van der Waals surface area contributed by atoms with Crippen LogP contribution in [0.3, 0.4) is 0 Å². The molecule has 0 fully saturated rings. The van der Waals surface area contributed by atoms with Crippen LogP contribution in [0.1, 0.15) is 0 Å². The first-order valence-electron chi connectivity index (χ1n) is 2.65. The molecule has 0 N–H and O–H groups in total. The summed E-state index contributed by atoms with van der Waals surface area (Å²) in [6.07, 6.45) is 1.62. The van der Waals surface area contributed by atoms with Crippen molar-refractivity contribution in [2.45, 2.75) is 0 Å². The van der Waals surface area contributed by atoms with Gasteiger partial charge in [-0.05, 0) is 20.2 Å². The van der Waals surface area contributed by atoms with E-state index in [0.717, 1.165) is 6.54 Å². The van der Waals surface area contributed by atoms with E-state index >= 15 is 0 Å². The molecule has 0 heterocycles. The molecule has 0 saturated heterocycles. The molecule has 0 atom stereocenters. The van der Waals surface area contributed by atoms with E-state index in [1.54, 1.807) is 6.08 Å². The third kappa shape index (κ3) is 7.55. The molecule has 0 aromatic heterocycles. The van der Waals surface area contributed by atoms with Gasteiger partial charge < -0.3 is 0 Å². The summed E-state index contributed by atoms with van der Waals surface area (Å²) < 4.78 is 0. The van der Waals surface area contributed by atoms with Crippen LogP contribution in [0, 0.1) is 11.8 Å². The average Bonchev–Trinajstić information content (AvgIpc) is 1.80. The number of hydrogen-bond acceptors (Lipinski definition) is 1. The Morgan fingerprint density at radius 2 is 2.22 bits per heavy atom. The van der Waals surface area contributed by atoms with Gasteiger partial charge in [0, 0.05) is 5.54 Å². The van der Waals surface area contributed by atoms with Crippen molar-refractivity contribution < 1.29 is 0 Å². The molecule has 0 aliphatic carbocycles. The van der Waals surface area contributed by atoms with Crippen LogP contribution >= 0.6 is 11.6 Å². The van der Waals surface area contributed by atoms with Crippen LogP contribution in [0.5, 0.6) is 0 Å². The largest absolute Gasteiger partial charge is 0.299 e. The Bertz CT molecular complexity index is 139. The number of nitrogens with zero attached hydrogens (tertiary/aromatic N) is 1. The van der Waals surface area contributed by atoms with Crippen molar-refractivity contribution in [3.05, 3.63) is 11.6 Å². The highest BCUT2D eigenvalue weighted by Crippen LogP contribution is 1.74. The Kier molecular flexibility index (Phi) is 5.40. The average molecular weight is 144 g/mol. The predicted octanol–water partition coefficient (Wildman–Crippen LogP) is 1.30. The van der Waals surface area contributed by atoms with Gasteiger partial charge in [0.25, 0.3) is 0 Å². The third-order valence-corrected chi connectivity index (χ3v) is 0.770. The highest BCUT2D eigenvalue weighted by molar-refractivity contribution is 6.25. The Labute approximate surface area is 61.3 Å². The minimum Gasteiger partial charge on any atom is -0.299 e. The maximum Gasteiger partial charge on any atom is 0.0600 e. The zero-order valence-electron chi connectivity index (χ0n) is 5.69. The Hall–Kier alpha value is -0.450. The minimum atomic E-state index is 0.779. The molecule has 0 aromatic carbocycles. The smallest absolute Gasteiger partial charge is 0.0600 e. The number of allylic oxidation sites excluding steroid dienone is 1. The van der Waals surface area contributed by atoms with Gasteiger partial charge in [0.05, 0.1) is 6.54 Å². The first-order valence-corrected chi connectivity index (χ1v) is 3.09. The molecule has 0 aliphatic heterocycles. The normalized spacial score (nSPS) is 9.78. The SMILES string of the molecule is CN(C)CC#C/C=C\Cl. The molecular formula is C7H10ClN. The van der Waals surface area contributed by atoms with E-state index in [-0.39, 0.29) is 0 Å². The van der Waals surface area contributed by atoms with Crippen LogP contribution in [0.2, 0.25) is 0 Å². The zero-order chi connectivity index (χ0) is 7.11. The van der Waals surface area contributed by atoms with Crippen LogP contribution in [0.4, 0.5) is 0 Å². The lowest BCUT2D eigenvalue weighted by Gasteiger charge is -1.99. The molecule has 2 heteroatoms. The van der Waals surface area contributed by atoms with E-state index in [4.69, 9.17) is 11.6 Å². The van der Waals surface area contributed by atoms with Gasteiger partial charge in [-0.25, -0.2) is 0 Å². The Morgan fingerprint density at radius 1 is 1.56 bits per heavy atom. The molecule has 0 rings (SSSR count). The number of hydrogen-bond donors (Lipinski definition) is 0. The fourth-order valence-corrected chi connectivity index (χ4v) is 0.357. The van der Waals surface area contributed by atoms with Crippen LogP contribution in [0.15, 0.2) is 11.6 Å². The van der Waals surface area contributed by atoms with E-state index in [1.165, 1.54) is 5.54 Å². The lowest BCUT2D eigenvalue weighted by atomic mass is 10.5. The van der Waals surface area contributed by atoms with Crippen molar-refractivity contribution in [1.29, 1.82) is 0 Å². The highest BCUT2D eigenvalue weighted by atomic mass is 35.5. The van der Waals surface area contributed by atoms with E-state index in [1.807, 2.05) is 19.0 Å². The highest BCUT2D eigenvalue weighted by Gasteiger charge is 1.77. The summed E-state index contributed by atoms with van der Waals surface area (Å²) in [6, 6.07) is 0. The van der Waals surface area contributed by atoms with Crippen LogP contribution in [0.25, 0.3) is 0 Å². The maximum atomic E-state index is 5.22. The first-order chi connectivity index (χ1) is 4.27. The molecule has 0 amide bonds. The Balaban J connectivity index is 3.38. The lowest BCUT2D eigenvalue weighted by Crippen LogP contribution is -2.10. The summed E-state index contributed by atoms with van der Waals surface area (Å²) in [5.74, 6) is 5.65. The summed E-state index contributed by atoms with van der Waals surface area (Å²) in [5.41, 5.74) is 1.41. The van der Waals surface area contributed by atoms with Crippen molar-refractivity contribution in [2.75, 3.05) is 20.6 Å². The van der Waals surface area contributed by atoms with E-state index in [2.05, 4.69) is 11.8 Å². The summed E-state index contributed by atoms with van der Waals surface area (Å²) in [7, 11) is 3.94. The topological polar surface area (TPSA) is 3.24 Å². The molecular weight excluding hydrogens is 134 g/mol. The quantitative estimate of drug-likeness (QED) is 0.501. The summed E-state index contributed by atoms with van der Waals surface area (Å²) in [5, 5.41) is 0. The van der Waals surface area contributed by atoms with Gasteiger partial charge in [-0.2, -0.15) is 0 Å². The van der Waals surface area contributed by atoms with Crippen molar-refractivity contribution in [1.82, 2.24) is 4.90 Å². The molecule has 0 radical (unpaired) electrons. The molecule has 0 bridgehead atoms. The second kappa shape index (κ2) is 5.68. The first kappa shape index (κ1) is 8.55. The molecule has 1 nitrogen and oxygen atoms in total. The molecule has 0 unspecified atom stereocenters. The van der Waals surface area contributed by atoms with Gasteiger partial charge >= 0.3 is 0 Å². The zero-order valence-corrected chi connectivity index (χ0v) is 6.44. The van der Waals surface area contributed by atoms with Gasteiger partial charge in [-0.15, -0.1) is 0 Å². The van der Waals surface area contributed by atoms with Crippen molar-refractivity contribution in [2.24, 2.45) is 0 Å². The second-order valence-electron chi connectivity index (χ2n) is 1.85. The minimum absolute atomic E-state index is 0.779. The maximum absolute atomic E-state index is 5.22. The summed E-state index contributed by atoms with van der Waals surface area (Å²) in [4.78, 5) is 2.00. The fraction of sp³-hybridized carbons (Fsp3) is 0.429. The summed E-state index contributed by atoms with van der Waals surface area (Å²) >= 11 is 5.22. The monoisotopic (exact) mass is 143 g/mol. The van der Waals surface area contributed by atoms with Gasteiger partial charge in [0.1, 0.15) is 0 Å². The molecule has 9 heavy (non-hydrogen) atoms. The summed E-state index contributed by atoms with van der Waals surface area (Å²) in [6.45, 7) is 0.779. The van der Waals surface area contributed by atoms with Gasteiger partial charge in [-0.1, -0.05) is 23.4 Å². The van der Waals surface area contributed by atoms with Gasteiger partial charge in [0.2, 0.25) is 0 Å². The molecule has 0 saturated carbocycles. The van der Waals surface area contributed by atoms with Gasteiger partial charge in [0.15, 0.2) is 0 Å². The molecule has 0 aliphatic rings. The fourth-order valence-electron chi connectivity index (χ4n) is 0.294. The lowest BCUT2D eigenvalue weighted by molar-refractivity contribution is 0.464. The molecule has 0 spiro atoms. The van der Waals surface area contributed by atoms with E-state index < -0.39 is 0 Å². The van der Waals surface area contributed by atoms with Crippen LogP contribution in [-0.4, -0.2) is 25.5 Å². The molecule has 0 aromatic rings. The van der Waals surface area contributed by atoms with Crippen molar-refractivity contribution in [3.63, 3.8) is 0 Å². The number of rotatable bonds is 1. The molecule has 50 valence electrons.